The number of imide groups is 1. The van der Waals surface area contributed by atoms with Crippen LogP contribution in [0.2, 0.25) is 0 Å². The lowest BCUT2D eigenvalue weighted by atomic mass is 10.1. The molecule has 0 saturated carbocycles. The van der Waals surface area contributed by atoms with E-state index < -0.39 is 59.9 Å². The number of aliphatic hydroxyl groups excluding tert-OH is 1. The van der Waals surface area contributed by atoms with Gasteiger partial charge in [-0.3, -0.25) is 19.2 Å². The minimum Gasteiger partial charge on any atom is -0.443 e. The molecule has 2 aromatic rings. The number of likely N-dealkylation sites (N-methyl/N-ethyl adjacent to an activating group) is 1. The minimum atomic E-state index is -1.99. The summed E-state index contributed by atoms with van der Waals surface area (Å²) in [4.78, 5) is 84.0. The second-order valence-corrected chi connectivity index (χ2v) is 15.0. The maximum atomic E-state index is 13.6. The molecule has 2 aliphatic heterocycles. The summed E-state index contributed by atoms with van der Waals surface area (Å²) in [5.74, 6) is -2.40. The first-order valence-electron chi connectivity index (χ1n) is 17.7. The number of morpholine rings is 2. The lowest BCUT2D eigenvalue weighted by Gasteiger charge is -2.34. The monoisotopic (exact) mass is 764 g/mol. The third-order valence-corrected chi connectivity index (χ3v) is 8.21. The van der Waals surface area contributed by atoms with E-state index in [4.69, 9.17) is 18.9 Å². The quantitative estimate of drug-likeness (QED) is 0.378. The maximum Gasteiger partial charge on any atom is 0.420 e. The van der Waals surface area contributed by atoms with Gasteiger partial charge in [0, 0.05) is 43.6 Å². The molecule has 0 aromatic heterocycles. The van der Waals surface area contributed by atoms with E-state index in [0.29, 0.717) is 36.9 Å². The zero-order chi connectivity index (χ0) is 40.7. The number of hydrogen-bond acceptors (Lipinski definition) is 12. The smallest absolute Gasteiger partial charge is 0.420 e. The molecule has 2 N–H and O–H groups in total. The standard InChI is InChI=1S/C38H48N6O11/c1-37(2,3)54-35(50)44(36(51)55-38(4,5)6)22-26-19-27(12-11-25(26)21-39)40-32(47)30(46)31-34(49)43(15-18-53-31)28-10-8-9-24(20-28)33(48)41(7)23-29(45)42-13-16-52-17-14-42/h8-12,19-20,30-31,46H,13-18,22-23H2,1-7H3,(H,40,47)/t30-,31-/m1/s1. The number of hydrogen-bond donors (Lipinski definition) is 2. The molecule has 2 fully saturated rings. The molecule has 0 aliphatic carbocycles. The number of carbonyl (C=O) groups is 6. The molecular weight excluding hydrogens is 716 g/mol. The van der Waals surface area contributed by atoms with Crippen molar-refractivity contribution in [2.24, 2.45) is 0 Å². The van der Waals surface area contributed by atoms with E-state index in [0.717, 1.165) is 0 Å². The number of amides is 6. The van der Waals surface area contributed by atoms with Gasteiger partial charge in [-0.1, -0.05) is 6.07 Å². The zero-order valence-corrected chi connectivity index (χ0v) is 32.1. The lowest BCUT2D eigenvalue weighted by Crippen LogP contribution is -2.55. The Kier molecular flexibility index (Phi) is 13.6. The molecule has 0 unspecified atom stereocenters. The zero-order valence-electron chi connectivity index (χ0n) is 32.1. The van der Waals surface area contributed by atoms with Crippen molar-refractivity contribution in [3.05, 3.63) is 59.2 Å². The topological polar surface area (TPSA) is 208 Å². The number of benzene rings is 2. The molecule has 0 radical (unpaired) electrons. The van der Waals surface area contributed by atoms with Crippen molar-refractivity contribution in [2.45, 2.75) is 71.5 Å². The summed E-state index contributed by atoms with van der Waals surface area (Å²) in [6.45, 7) is 10.9. The van der Waals surface area contributed by atoms with Crippen LogP contribution in [0.1, 0.15) is 63.0 Å². The first-order valence-corrected chi connectivity index (χ1v) is 17.7. The number of aliphatic hydroxyl groups is 1. The number of carbonyl (C=O) groups excluding carboxylic acids is 6. The van der Waals surface area contributed by atoms with Crippen LogP contribution in [-0.2, 0) is 39.9 Å². The fraction of sp³-hybridized carbons (Fsp3) is 0.500. The van der Waals surface area contributed by atoms with E-state index in [-0.39, 0.29) is 48.0 Å². The number of nitriles is 1. The van der Waals surface area contributed by atoms with Crippen molar-refractivity contribution >= 4 is 47.2 Å². The van der Waals surface area contributed by atoms with Crippen LogP contribution in [-0.4, -0.2) is 132 Å². The fourth-order valence-corrected chi connectivity index (χ4v) is 5.58. The van der Waals surface area contributed by atoms with Crippen molar-refractivity contribution in [1.82, 2.24) is 14.7 Å². The van der Waals surface area contributed by atoms with Crippen LogP contribution in [0, 0.1) is 11.3 Å². The Labute approximate surface area is 319 Å². The van der Waals surface area contributed by atoms with Gasteiger partial charge in [-0.05, 0) is 83.5 Å². The molecule has 2 aliphatic rings. The number of nitrogens with zero attached hydrogens (tertiary/aromatic N) is 5. The van der Waals surface area contributed by atoms with Gasteiger partial charge in [0.05, 0.1) is 44.5 Å². The molecule has 55 heavy (non-hydrogen) atoms. The third-order valence-electron chi connectivity index (χ3n) is 8.21. The molecule has 17 heteroatoms. The summed E-state index contributed by atoms with van der Waals surface area (Å²) in [6, 6.07) is 12.3. The van der Waals surface area contributed by atoms with Gasteiger partial charge in [-0.25, -0.2) is 14.5 Å². The number of anilines is 2. The van der Waals surface area contributed by atoms with E-state index in [1.807, 2.05) is 6.07 Å². The van der Waals surface area contributed by atoms with Crippen LogP contribution in [0.5, 0.6) is 0 Å². The predicted molar refractivity (Wildman–Crippen MR) is 197 cm³/mol. The highest BCUT2D eigenvalue weighted by molar-refractivity contribution is 6.05. The summed E-state index contributed by atoms with van der Waals surface area (Å²) in [5, 5.41) is 23.3. The van der Waals surface area contributed by atoms with Crippen LogP contribution in [0.4, 0.5) is 21.0 Å². The average Bonchev–Trinajstić information content (AvgIpc) is 3.12. The van der Waals surface area contributed by atoms with E-state index in [2.05, 4.69) is 5.32 Å². The summed E-state index contributed by atoms with van der Waals surface area (Å²) in [6.07, 6.45) is -5.64. The highest BCUT2D eigenvalue weighted by Crippen LogP contribution is 2.25. The number of nitrogens with one attached hydrogen (secondary N) is 1. The fourth-order valence-electron chi connectivity index (χ4n) is 5.58. The summed E-state index contributed by atoms with van der Waals surface area (Å²) >= 11 is 0. The Morgan fingerprint density at radius 2 is 1.60 bits per heavy atom. The second-order valence-electron chi connectivity index (χ2n) is 15.0. The van der Waals surface area contributed by atoms with Gasteiger partial charge in [-0.15, -0.1) is 0 Å². The van der Waals surface area contributed by atoms with Gasteiger partial charge in [0.1, 0.15) is 11.2 Å². The molecule has 2 atom stereocenters. The molecular formula is C38H48N6O11. The first kappa shape index (κ1) is 42.2. The van der Waals surface area contributed by atoms with E-state index in [1.165, 1.54) is 41.1 Å². The number of rotatable bonds is 9. The molecule has 2 aromatic carbocycles. The lowest BCUT2D eigenvalue weighted by molar-refractivity contribution is -0.150. The third kappa shape index (κ3) is 11.5. The number of ether oxygens (including phenoxy) is 4. The largest absolute Gasteiger partial charge is 0.443 e. The van der Waals surface area contributed by atoms with Gasteiger partial charge in [0.2, 0.25) is 5.91 Å². The molecule has 4 rings (SSSR count). The summed E-state index contributed by atoms with van der Waals surface area (Å²) in [7, 11) is 1.51. The molecule has 6 amide bonds. The van der Waals surface area contributed by atoms with Crippen molar-refractivity contribution in [1.29, 1.82) is 5.26 Å². The molecule has 2 heterocycles. The Hall–Kier alpha value is -5.57. The first-order chi connectivity index (χ1) is 25.8. The van der Waals surface area contributed by atoms with Crippen LogP contribution in [0.25, 0.3) is 0 Å². The van der Waals surface area contributed by atoms with Gasteiger partial charge < -0.3 is 44.1 Å². The predicted octanol–water partition coefficient (Wildman–Crippen LogP) is 2.89. The Morgan fingerprint density at radius 3 is 2.20 bits per heavy atom. The molecule has 17 nitrogen and oxygen atoms in total. The van der Waals surface area contributed by atoms with Crippen molar-refractivity contribution in [3.8, 4) is 6.07 Å². The van der Waals surface area contributed by atoms with E-state index in [1.54, 1.807) is 64.6 Å². The van der Waals surface area contributed by atoms with Crippen LogP contribution in [0.15, 0.2) is 42.5 Å². The van der Waals surface area contributed by atoms with Gasteiger partial charge in [0.25, 0.3) is 17.7 Å². The van der Waals surface area contributed by atoms with Gasteiger partial charge in [-0.2, -0.15) is 5.26 Å². The molecule has 0 bridgehead atoms. The van der Waals surface area contributed by atoms with Crippen LogP contribution >= 0.6 is 0 Å². The van der Waals surface area contributed by atoms with E-state index >= 15 is 0 Å². The minimum absolute atomic E-state index is 0.0426. The van der Waals surface area contributed by atoms with Gasteiger partial charge >= 0.3 is 12.2 Å². The van der Waals surface area contributed by atoms with Crippen LogP contribution in [0.3, 0.4) is 0 Å². The van der Waals surface area contributed by atoms with Crippen molar-refractivity contribution in [3.63, 3.8) is 0 Å². The van der Waals surface area contributed by atoms with Crippen LogP contribution < -0.4 is 10.2 Å². The Bertz CT molecular complexity index is 1800. The van der Waals surface area contributed by atoms with Crippen molar-refractivity contribution in [2.75, 3.05) is 63.3 Å². The molecule has 2 saturated heterocycles. The van der Waals surface area contributed by atoms with E-state index in [9.17, 15) is 39.1 Å². The van der Waals surface area contributed by atoms with Crippen molar-refractivity contribution < 1.29 is 52.8 Å². The maximum absolute atomic E-state index is 13.6. The highest BCUT2D eigenvalue weighted by atomic mass is 16.6. The SMILES string of the molecule is CN(CC(=O)N1CCOCC1)C(=O)c1cccc(N2CCO[C@H]([C@@H](O)C(=O)Nc3ccc(C#N)c(CN(C(=O)OC(C)(C)C)C(=O)OC(C)(C)C)c3)C2=O)c1. The summed E-state index contributed by atoms with van der Waals surface area (Å²) in [5.41, 5.74) is -1.08. The highest BCUT2D eigenvalue weighted by Gasteiger charge is 2.40. The molecule has 296 valence electrons. The molecule has 0 spiro atoms. The second kappa shape index (κ2) is 17.7. The summed E-state index contributed by atoms with van der Waals surface area (Å²) < 4.78 is 21.6. The Morgan fingerprint density at radius 1 is 0.964 bits per heavy atom. The average molecular weight is 765 g/mol. The normalized spacial score (nSPS) is 16.7. The van der Waals surface area contributed by atoms with Gasteiger partial charge in [0.15, 0.2) is 12.2 Å². The Balaban J connectivity index is 1.47.